The Morgan fingerprint density at radius 3 is 2.68 bits per heavy atom. The van der Waals surface area contributed by atoms with Crippen molar-refractivity contribution in [2.45, 2.75) is 6.42 Å². The normalized spacial score (nSPS) is 10.4. The van der Waals surface area contributed by atoms with Crippen LogP contribution in [0, 0.1) is 0 Å². The van der Waals surface area contributed by atoms with Gasteiger partial charge in [0.1, 0.15) is 0 Å². The van der Waals surface area contributed by atoms with E-state index in [1.165, 1.54) is 5.56 Å². The van der Waals surface area contributed by atoms with Crippen LogP contribution in [0.4, 0.5) is 17.1 Å². The number of hydrogen-bond acceptors (Lipinski definition) is 3. The monoisotopic (exact) mass is 276 g/mol. The van der Waals surface area contributed by atoms with Crippen LogP contribution >= 0.6 is 11.6 Å². The van der Waals surface area contributed by atoms with Crippen LogP contribution in [0.1, 0.15) is 5.56 Å². The van der Waals surface area contributed by atoms with Gasteiger partial charge in [-0.2, -0.15) is 0 Å². The van der Waals surface area contributed by atoms with Crippen molar-refractivity contribution >= 4 is 28.7 Å². The van der Waals surface area contributed by atoms with E-state index < -0.39 is 0 Å². The van der Waals surface area contributed by atoms with Crippen LogP contribution < -0.4 is 11.1 Å². The molecule has 2 aromatic rings. The Morgan fingerprint density at radius 1 is 1.16 bits per heavy atom. The average Bonchev–Trinajstić information content (AvgIpc) is 2.41. The van der Waals surface area contributed by atoms with Gasteiger partial charge in [-0.05, 0) is 36.2 Å². The minimum absolute atomic E-state index is 0.613. The molecule has 0 atom stereocenters. The first-order chi connectivity index (χ1) is 9.20. The van der Waals surface area contributed by atoms with E-state index in [0.29, 0.717) is 17.3 Å². The van der Waals surface area contributed by atoms with Gasteiger partial charge in [-0.1, -0.05) is 29.8 Å². The van der Waals surface area contributed by atoms with Crippen LogP contribution in [0.25, 0.3) is 0 Å². The molecule has 0 fully saturated rings. The summed E-state index contributed by atoms with van der Waals surface area (Å²) in [6, 6.07) is 13.5. The number of methoxy groups -OCH3 is 1. The van der Waals surface area contributed by atoms with Crippen molar-refractivity contribution in [1.82, 2.24) is 0 Å². The van der Waals surface area contributed by atoms with Gasteiger partial charge in [0.2, 0.25) is 0 Å². The van der Waals surface area contributed by atoms with Gasteiger partial charge in [-0.25, -0.2) is 0 Å². The molecule has 3 N–H and O–H groups in total. The number of anilines is 3. The molecule has 0 aliphatic heterocycles. The van der Waals surface area contributed by atoms with E-state index in [-0.39, 0.29) is 0 Å². The van der Waals surface area contributed by atoms with Crippen molar-refractivity contribution in [2.24, 2.45) is 0 Å². The second-order valence-electron chi connectivity index (χ2n) is 4.26. The third kappa shape index (κ3) is 3.63. The topological polar surface area (TPSA) is 47.3 Å². The van der Waals surface area contributed by atoms with E-state index >= 15 is 0 Å². The lowest BCUT2D eigenvalue weighted by molar-refractivity contribution is 0.202. The standard InChI is InChI=1S/C15H17ClN2O/c1-19-9-8-11-4-2-3-5-14(11)18-15-7-6-12(17)10-13(15)16/h2-7,10,18H,8-9,17H2,1H3. The zero-order valence-electron chi connectivity index (χ0n) is 10.8. The summed E-state index contributed by atoms with van der Waals surface area (Å²) in [6.45, 7) is 0.689. The number of nitrogen functional groups attached to an aromatic ring is 1. The van der Waals surface area contributed by atoms with E-state index in [4.69, 9.17) is 22.1 Å². The van der Waals surface area contributed by atoms with Crippen LogP contribution in [0.5, 0.6) is 0 Å². The summed E-state index contributed by atoms with van der Waals surface area (Å²) in [5, 5.41) is 3.95. The molecule has 4 heteroatoms. The molecule has 0 amide bonds. The van der Waals surface area contributed by atoms with Crippen LogP contribution in [0.3, 0.4) is 0 Å². The zero-order valence-corrected chi connectivity index (χ0v) is 11.6. The molecule has 0 aliphatic rings. The molecule has 2 aromatic carbocycles. The molecule has 3 nitrogen and oxygen atoms in total. The summed E-state index contributed by atoms with van der Waals surface area (Å²) in [5.41, 5.74) is 9.42. The summed E-state index contributed by atoms with van der Waals surface area (Å²) in [5.74, 6) is 0. The van der Waals surface area contributed by atoms with E-state index in [9.17, 15) is 0 Å². The lowest BCUT2D eigenvalue weighted by Gasteiger charge is -2.13. The first kappa shape index (κ1) is 13.7. The molecule has 100 valence electrons. The number of para-hydroxylation sites is 1. The second kappa shape index (κ2) is 6.45. The molecule has 0 saturated heterocycles. The number of ether oxygens (including phenoxy) is 1. The Labute approximate surface area is 118 Å². The van der Waals surface area contributed by atoms with Gasteiger partial charge in [-0.3, -0.25) is 0 Å². The zero-order chi connectivity index (χ0) is 13.7. The first-order valence-electron chi connectivity index (χ1n) is 6.09. The van der Waals surface area contributed by atoms with Gasteiger partial charge in [0.05, 0.1) is 17.3 Å². The van der Waals surface area contributed by atoms with Gasteiger partial charge in [0, 0.05) is 18.5 Å². The molecular weight excluding hydrogens is 260 g/mol. The molecule has 0 spiro atoms. The smallest absolute Gasteiger partial charge is 0.0661 e. The van der Waals surface area contributed by atoms with Crippen molar-refractivity contribution in [3.63, 3.8) is 0 Å². The van der Waals surface area contributed by atoms with E-state index in [1.807, 2.05) is 30.3 Å². The maximum atomic E-state index is 6.17. The molecular formula is C15H17ClN2O. The fourth-order valence-electron chi connectivity index (χ4n) is 1.85. The van der Waals surface area contributed by atoms with Crippen LogP contribution in [-0.4, -0.2) is 13.7 Å². The number of rotatable bonds is 5. The highest BCUT2D eigenvalue weighted by molar-refractivity contribution is 6.33. The van der Waals surface area contributed by atoms with Crippen molar-refractivity contribution in [3.05, 3.63) is 53.1 Å². The van der Waals surface area contributed by atoms with E-state index in [1.54, 1.807) is 13.2 Å². The molecule has 19 heavy (non-hydrogen) atoms. The van der Waals surface area contributed by atoms with Gasteiger partial charge in [0.15, 0.2) is 0 Å². The van der Waals surface area contributed by atoms with E-state index in [2.05, 4.69) is 11.4 Å². The van der Waals surface area contributed by atoms with Gasteiger partial charge in [-0.15, -0.1) is 0 Å². The number of hydrogen-bond donors (Lipinski definition) is 2. The third-order valence-corrected chi connectivity index (χ3v) is 3.17. The Morgan fingerprint density at radius 2 is 1.95 bits per heavy atom. The summed E-state index contributed by atoms with van der Waals surface area (Å²) < 4.78 is 5.12. The average molecular weight is 277 g/mol. The molecule has 0 radical (unpaired) electrons. The fraction of sp³-hybridized carbons (Fsp3) is 0.200. The lowest BCUT2D eigenvalue weighted by Crippen LogP contribution is -2.00. The van der Waals surface area contributed by atoms with Gasteiger partial charge >= 0.3 is 0 Å². The van der Waals surface area contributed by atoms with Crippen LogP contribution in [0.2, 0.25) is 5.02 Å². The fourth-order valence-corrected chi connectivity index (χ4v) is 2.09. The summed E-state index contributed by atoms with van der Waals surface area (Å²) in [4.78, 5) is 0. The minimum Gasteiger partial charge on any atom is -0.399 e. The Hall–Kier alpha value is -1.71. The highest BCUT2D eigenvalue weighted by atomic mass is 35.5. The summed E-state index contributed by atoms with van der Waals surface area (Å²) >= 11 is 6.17. The molecule has 0 saturated carbocycles. The second-order valence-corrected chi connectivity index (χ2v) is 4.67. The lowest BCUT2D eigenvalue weighted by atomic mass is 10.1. The number of nitrogens with one attached hydrogen (secondary N) is 1. The van der Waals surface area contributed by atoms with Gasteiger partial charge in [0.25, 0.3) is 0 Å². The minimum atomic E-state index is 0.613. The molecule has 0 unspecified atom stereocenters. The van der Waals surface area contributed by atoms with E-state index in [0.717, 1.165) is 17.8 Å². The molecule has 0 bridgehead atoms. The maximum Gasteiger partial charge on any atom is 0.0661 e. The highest BCUT2D eigenvalue weighted by Crippen LogP contribution is 2.28. The van der Waals surface area contributed by atoms with Crippen molar-refractivity contribution in [1.29, 1.82) is 0 Å². The quantitative estimate of drug-likeness (QED) is 0.816. The van der Waals surface area contributed by atoms with Crippen molar-refractivity contribution in [2.75, 3.05) is 24.8 Å². The van der Waals surface area contributed by atoms with Gasteiger partial charge < -0.3 is 15.8 Å². The Balaban J connectivity index is 2.22. The third-order valence-electron chi connectivity index (χ3n) is 2.86. The number of benzene rings is 2. The molecule has 2 rings (SSSR count). The Bertz CT molecular complexity index is 558. The van der Waals surface area contributed by atoms with Crippen LogP contribution in [0.15, 0.2) is 42.5 Å². The predicted molar refractivity (Wildman–Crippen MR) is 81.2 cm³/mol. The predicted octanol–water partition coefficient (Wildman–Crippen LogP) is 3.85. The first-order valence-corrected chi connectivity index (χ1v) is 6.47. The molecule has 0 aromatic heterocycles. The Kier molecular flexibility index (Phi) is 4.66. The molecule has 0 heterocycles. The van der Waals surface area contributed by atoms with Crippen molar-refractivity contribution in [3.8, 4) is 0 Å². The highest BCUT2D eigenvalue weighted by Gasteiger charge is 2.05. The summed E-state index contributed by atoms with van der Waals surface area (Å²) in [6.07, 6.45) is 0.853. The maximum absolute atomic E-state index is 6.17. The largest absolute Gasteiger partial charge is 0.399 e. The number of halogens is 1. The number of nitrogens with two attached hydrogens (primary N) is 1. The summed E-state index contributed by atoms with van der Waals surface area (Å²) in [7, 11) is 1.70. The molecule has 0 aliphatic carbocycles. The SMILES string of the molecule is COCCc1ccccc1Nc1ccc(N)cc1Cl. The van der Waals surface area contributed by atoms with Crippen molar-refractivity contribution < 1.29 is 4.74 Å². The van der Waals surface area contributed by atoms with Crippen LogP contribution in [-0.2, 0) is 11.2 Å².